The Morgan fingerprint density at radius 1 is 1.46 bits per heavy atom. The van der Waals surface area contributed by atoms with Crippen LogP contribution in [0.1, 0.15) is 29.8 Å². The summed E-state index contributed by atoms with van der Waals surface area (Å²) in [6, 6.07) is 1.01. The standard InChI is InChI=1S/C16H23N7O2S/c1-4-23-14(7-8-17-23)22-9-5-6-12(15(22)24)18-16(25)21(3)10-13-20-19-11(2)26-13/h7-8,12H,4-6,9-10H2,1-3H3,(H,18,25). The van der Waals surface area contributed by atoms with E-state index < -0.39 is 6.04 Å². The highest BCUT2D eigenvalue weighted by Crippen LogP contribution is 2.21. The molecular weight excluding hydrogens is 354 g/mol. The quantitative estimate of drug-likeness (QED) is 0.850. The van der Waals surface area contributed by atoms with Crippen molar-refractivity contribution in [3.05, 3.63) is 22.3 Å². The first-order chi connectivity index (χ1) is 12.5. The minimum Gasteiger partial charge on any atom is -0.326 e. The van der Waals surface area contributed by atoms with E-state index in [1.165, 1.54) is 16.2 Å². The number of carbonyl (C=O) groups is 2. The third kappa shape index (κ3) is 3.85. The maximum absolute atomic E-state index is 12.8. The molecule has 1 aliphatic heterocycles. The van der Waals surface area contributed by atoms with Crippen molar-refractivity contribution in [2.75, 3.05) is 18.5 Å². The van der Waals surface area contributed by atoms with Gasteiger partial charge in [-0.15, -0.1) is 10.2 Å². The molecular formula is C16H23N7O2S. The summed E-state index contributed by atoms with van der Waals surface area (Å²) in [5.74, 6) is 0.675. The molecule has 1 N–H and O–H groups in total. The Labute approximate surface area is 156 Å². The van der Waals surface area contributed by atoms with Crippen LogP contribution in [0.2, 0.25) is 0 Å². The normalized spacial score (nSPS) is 17.4. The zero-order valence-electron chi connectivity index (χ0n) is 15.2. The minimum atomic E-state index is -0.532. The number of piperidine rings is 1. The Balaban J connectivity index is 1.63. The van der Waals surface area contributed by atoms with Crippen LogP contribution < -0.4 is 10.2 Å². The van der Waals surface area contributed by atoms with Gasteiger partial charge in [-0.2, -0.15) is 5.10 Å². The Hall–Kier alpha value is -2.49. The number of carbonyl (C=O) groups excluding carboxylic acids is 2. The molecule has 0 bridgehead atoms. The van der Waals surface area contributed by atoms with Crippen LogP contribution in [0.25, 0.3) is 0 Å². The number of aryl methyl sites for hydroxylation is 2. The topological polar surface area (TPSA) is 96.2 Å². The van der Waals surface area contributed by atoms with Gasteiger partial charge in [-0.3, -0.25) is 9.69 Å². The third-order valence-electron chi connectivity index (χ3n) is 4.29. The van der Waals surface area contributed by atoms with Gasteiger partial charge in [-0.05, 0) is 26.7 Å². The van der Waals surface area contributed by atoms with E-state index in [1.54, 1.807) is 22.8 Å². The van der Waals surface area contributed by atoms with E-state index in [4.69, 9.17) is 0 Å². The number of hydrogen-bond acceptors (Lipinski definition) is 6. The summed E-state index contributed by atoms with van der Waals surface area (Å²) in [6.07, 6.45) is 3.14. The van der Waals surface area contributed by atoms with Gasteiger partial charge in [0, 0.05) is 26.2 Å². The highest BCUT2D eigenvalue weighted by atomic mass is 32.1. The molecule has 26 heavy (non-hydrogen) atoms. The van der Waals surface area contributed by atoms with Crippen LogP contribution in [0, 0.1) is 6.92 Å². The molecule has 3 amide bonds. The van der Waals surface area contributed by atoms with E-state index in [-0.39, 0.29) is 11.9 Å². The summed E-state index contributed by atoms with van der Waals surface area (Å²) >= 11 is 1.45. The fourth-order valence-corrected chi connectivity index (χ4v) is 3.73. The summed E-state index contributed by atoms with van der Waals surface area (Å²) in [5, 5.41) is 16.7. The summed E-state index contributed by atoms with van der Waals surface area (Å²) < 4.78 is 1.78. The van der Waals surface area contributed by atoms with Crippen LogP contribution in [-0.2, 0) is 17.9 Å². The van der Waals surface area contributed by atoms with Crippen LogP contribution in [0.15, 0.2) is 12.3 Å². The fourth-order valence-electron chi connectivity index (χ4n) is 2.97. The number of rotatable bonds is 5. The molecule has 140 valence electrons. The van der Waals surface area contributed by atoms with Gasteiger partial charge in [-0.25, -0.2) is 9.48 Å². The predicted octanol–water partition coefficient (Wildman–Crippen LogP) is 1.40. The lowest BCUT2D eigenvalue weighted by molar-refractivity contribution is -0.121. The Morgan fingerprint density at radius 2 is 2.27 bits per heavy atom. The second kappa shape index (κ2) is 7.81. The van der Waals surface area contributed by atoms with Crippen LogP contribution in [0.3, 0.4) is 0 Å². The lowest BCUT2D eigenvalue weighted by Crippen LogP contribution is -2.55. The van der Waals surface area contributed by atoms with Crippen molar-refractivity contribution in [2.24, 2.45) is 0 Å². The first-order valence-electron chi connectivity index (χ1n) is 8.63. The number of anilines is 1. The van der Waals surface area contributed by atoms with Crippen molar-refractivity contribution in [2.45, 2.75) is 45.8 Å². The SMILES string of the molecule is CCn1nccc1N1CCCC(NC(=O)N(C)Cc2nnc(C)s2)C1=O. The van der Waals surface area contributed by atoms with Crippen molar-refractivity contribution in [1.82, 2.24) is 30.2 Å². The second-order valence-corrected chi connectivity index (χ2v) is 7.48. The van der Waals surface area contributed by atoms with Crippen molar-refractivity contribution in [1.29, 1.82) is 0 Å². The largest absolute Gasteiger partial charge is 0.326 e. The Bertz CT molecular complexity index is 787. The molecule has 3 rings (SSSR count). The maximum Gasteiger partial charge on any atom is 0.318 e. The molecule has 0 radical (unpaired) electrons. The number of aromatic nitrogens is 4. The number of hydrogen-bond donors (Lipinski definition) is 1. The molecule has 1 aliphatic rings. The molecule has 1 unspecified atom stereocenters. The molecule has 1 fully saturated rings. The zero-order chi connectivity index (χ0) is 18.7. The van der Waals surface area contributed by atoms with Crippen LogP contribution in [0.5, 0.6) is 0 Å². The monoisotopic (exact) mass is 377 g/mol. The Kier molecular flexibility index (Phi) is 5.50. The van der Waals surface area contributed by atoms with Gasteiger partial charge in [0.05, 0.1) is 12.7 Å². The lowest BCUT2D eigenvalue weighted by Gasteiger charge is -2.33. The van der Waals surface area contributed by atoms with Gasteiger partial charge in [0.25, 0.3) is 5.91 Å². The molecule has 0 aromatic carbocycles. The van der Waals surface area contributed by atoms with Crippen LogP contribution in [-0.4, -0.2) is 56.5 Å². The second-order valence-electron chi connectivity index (χ2n) is 6.21. The maximum atomic E-state index is 12.8. The molecule has 10 heteroatoms. The van der Waals surface area contributed by atoms with Crippen molar-refractivity contribution in [3.63, 3.8) is 0 Å². The van der Waals surface area contributed by atoms with Crippen LogP contribution >= 0.6 is 11.3 Å². The highest BCUT2D eigenvalue weighted by Gasteiger charge is 2.32. The number of nitrogens with zero attached hydrogens (tertiary/aromatic N) is 6. The van der Waals surface area contributed by atoms with E-state index in [0.29, 0.717) is 26.1 Å². The third-order valence-corrected chi connectivity index (χ3v) is 5.12. The molecule has 0 saturated carbocycles. The molecule has 1 atom stereocenters. The lowest BCUT2D eigenvalue weighted by atomic mass is 10.0. The summed E-state index contributed by atoms with van der Waals surface area (Å²) in [4.78, 5) is 28.5. The molecule has 2 aromatic rings. The highest BCUT2D eigenvalue weighted by molar-refractivity contribution is 7.11. The van der Waals surface area contributed by atoms with Crippen molar-refractivity contribution in [3.8, 4) is 0 Å². The first kappa shape index (κ1) is 18.3. The van der Waals surface area contributed by atoms with E-state index in [1.807, 2.05) is 19.9 Å². The van der Waals surface area contributed by atoms with Gasteiger partial charge >= 0.3 is 6.03 Å². The minimum absolute atomic E-state index is 0.0973. The summed E-state index contributed by atoms with van der Waals surface area (Å²) in [5.41, 5.74) is 0. The number of amides is 3. The molecule has 9 nitrogen and oxygen atoms in total. The number of urea groups is 1. The average Bonchev–Trinajstić information content (AvgIpc) is 3.25. The van der Waals surface area contributed by atoms with Gasteiger partial charge < -0.3 is 10.2 Å². The Morgan fingerprint density at radius 3 is 2.96 bits per heavy atom. The zero-order valence-corrected chi connectivity index (χ0v) is 16.0. The van der Waals surface area contributed by atoms with Crippen molar-refractivity contribution >= 4 is 29.1 Å². The predicted molar refractivity (Wildman–Crippen MR) is 97.9 cm³/mol. The van der Waals surface area contributed by atoms with Gasteiger partial charge in [0.2, 0.25) is 0 Å². The van der Waals surface area contributed by atoms with Crippen LogP contribution in [0.4, 0.5) is 10.6 Å². The summed E-state index contributed by atoms with van der Waals surface area (Å²) in [6.45, 7) is 5.54. The number of nitrogens with one attached hydrogen (secondary N) is 1. The van der Waals surface area contributed by atoms with Gasteiger partial charge in [0.15, 0.2) is 0 Å². The molecule has 0 spiro atoms. The van der Waals surface area contributed by atoms with E-state index in [0.717, 1.165) is 22.3 Å². The molecule has 3 heterocycles. The van der Waals surface area contributed by atoms with E-state index >= 15 is 0 Å². The molecule has 2 aromatic heterocycles. The smallest absolute Gasteiger partial charge is 0.318 e. The fraction of sp³-hybridized carbons (Fsp3) is 0.562. The van der Waals surface area contributed by atoms with E-state index in [9.17, 15) is 9.59 Å². The van der Waals surface area contributed by atoms with Gasteiger partial charge in [0.1, 0.15) is 21.9 Å². The molecule has 0 aliphatic carbocycles. The van der Waals surface area contributed by atoms with E-state index in [2.05, 4.69) is 20.6 Å². The summed E-state index contributed by atoms with van der Waals surface area (Å²) in [7, 11) is 1.68. The average molecular weight is 377 g/mol. The van der Waals surface area contributed by atoms with Gasteiger partial charge in [-0.1, -0.05) is 11.3 Å². The first-order valence-corrected chi connectivity index (χ1v) is 9.45. The molecule has 1 saturated heterocycles. The van der Waals surface area contributed by atoms with Crippen molar-refractivity contribution < 1.29 is 9.59 Å².